The summed E-state index contributed by atoms with van der Waals surface area (Å²) in [5, 5.41) is 0. The Balaban J connectivity index is 2.76. The molecular weight excluding hydrogens is 180 g/mol. The molecule has 0 amide bonds. The summed E-state index contributed by atoms with van der Waals surface area (Å²) in [6.07, 6.45) is 0. The minimum absolute atomic E-state index is 0.550. The van der Waals surface area contributed by atoms with E-state index in [4.69, 9.17) is 5.84 Å². The second-order valence-corrected chi connectivity index (χ2v) is 2.46. The SMILES string of the molecule is COC(=O)C#Cc1ccc(NN)cc1. The van der Waals surface area contributed by atoms with Crippen LogP contribution in [0.2, 0.25) is 0 Å². The third-order valence-corrected chi connectivity index (χ3v) is 1.55. The molecule has 0 unspecified atom stereocenters. The molecule has 14 heavy (non-hydrogen) atoms. The van der Waals surface area contributed by atoms with Crippen molar-refractivity contribution in [2.45, 2.75) is 0 Å². The Labute approximate surface area is 82.0 Å². The zero-order chi connectivity index (χ0) is 10.4. The molecule has 1 aromatic rings. The highest BCUT2D eigenvalue weighted by Crippen LogP contribution is 2.06. The number of hydrogen-bond acceptors (Lipinski definition) is 4. The average molecular weight is 190 g/mol. The van der Waals surface area contributed by atoms with Crippen molar-refractivity contribution < 1.29 is 9.53 Å². The third kappa shape index (κ3) is 2.81. The van der Waals surface area contributed by atoms with Crippen LogP contribution in [0.25, 0.3) is 0 Å². The molecule has 0 heterocycles. The maximum Gasteiger partial charge on any atom is 0.384 e. The second kappa shape index (κ2) is 4.90. The first kappa shape index (κ1) is 10.1. The Morgan fingerprint density at radius 3 is 2.57 bits per heavy atom. The lowest BCUT2D eigenvalue weighted by Crippen LogP contribution is -2.06. The third-order valence-electron chi connectivity index (χ3n) is 1.55. The van der Waals surface area contributed by atoms with E-state index in [1.807, 2.05) is 0 Å². The number of anilines is 1. The Morgan fingerprint density at radius 2 is 2.07 bits per heavy atom. The van der Waals surface area contributed by atoms with Crippen LogP contribution >= 0.6 is 0 Å². The maximum absolute atomic E-state index is 10.7. The summed E-state index contributed by atoms with van der Waals surface area (Å²) in [5.41, 5.74) is 4.01. The van der Waals surface area contributed by atoms with Gasteiger partial charge in [0, 0.05) is 17.2 Å². The van der Waals surface area contributed by atoms with Crippen LogP contribution in [0, 0.1) is 11.8 Å². The fourth-order valence-electron chi connectivity index (χ4n) is 0.824. The summed E-state index contributed by atoms with van der Waals surface area (Å²) in [6.45, 7) is 0. The van der Waals surface area contributed by atoms with Gasteiger partial charge in [0.2, 0.25) is 0 Å². The highest BCUT2D eigenvalue weighted by Gasteiger charge is 1.91. The minimum atomic E-state index is -0.550. The van der Waals surface area contributed by atoms with E-state index < -0.39 is 5.97 Å². The summed E-state index contributed by atoms with van der Waals surface area (Å²) in [4.78, 5) is 10.7. The number of nitrogens with one attached hydrogen (secondary N) is 1. The Bertz CT molecular complexity index is 373. The molecule has 0 atom stereocenters. The number of carbonyl (C=O) groups is 1. The van der Waals surface area contributed by atoms with Crippen molar-refractivity contribution in [1.29, 1.82) is 0 Å². The Morgan fingerprint density at radius 1 is 1.43 bits per heavy atom. The zero-order valence-corrected chi connectivity index (χ0v) is 7.70. The van der Waals surface area contributed by atoms with Crippen LogP contribution in [0.4, 0.5) is 5.69 Å². The number of carbonyl (C=O) groups excluding carboxylic acids is 1. The van der Waals surface area contributed by atoms with Gasteiger partial charge in [0.1, 0.15) is 0 Å². The van der Waals surface area contributed by atoms with Crippen LogP contribution < -0.4 is 11.3 Å². The summed E-state index contributed by atoms with van der Waals surface area (Å²) in [5.74, 6) is 9.61. The summed E-state index contributed by atoms with van der Waals surface area (Å²) < 4.78 is 4.37. The number of hydrogen-bond donors (Lipinski definition) is 2. The number of nitrogens with two attached hydrogens (primary N) is 1. The number of hydrazine groups is 1. The van der Waals surface area contributed by atoms with E-state index in [2.05, 4.69) is 22.0 Å². The van der Waals surface area contributed by atoms with Gasteiger partial charge in [-0.25, -0.2) is 4.79 Å². The van der Waals surface area contributed by atoms with Crippen molar-refractivity contribution in [2.75, 3.05) is 12.5 Å². The monoisotopic (exact) mass is 190 g/mol. The zero-order valence-electron chi connectivity index (χ0n) is 7.70. The topological polar surface area (TPSA) is 64.3 Å². The highest BCUT2D eigenvalue weighted by atomic mass is 16.5. The molecular formula is C10H10N2O2. The number of benzene rings is 1. The lowest BCUT2D eigenvalue weighted by Gasteiger charge is -1.97. The van der Waals surface area contributed by atoms with Crippen molar-refractivity contribution in [3.63, 3.8) is 0 Å². The van der Waals surface area contributed by atoms with Crippen molar-refractivity contribution in [3.05, 3.63) is 29.8 Å². The van der Waals surface area contributed by atoms with Crippen LogP contribution in [-0.4, -0.2) is 13.1 Å². The van der Waals surface area contributed by atoms with Crippen LogP contribution in [0.5, 0.6) is 0 Å². The molecule has 72 valence electrons. The molecule has 0 saturated carbocycles. The number of esters is 1. The number of methoxy groups -OCH3 is 1. The molecule has 0 saturated heterocycles. The predicted octanol–water partition coefficient (Wildman–Crippen LogP) is 0.497. The molecule has 0 fully saturated rings. The number of rotatable bonds is 1. The lowest BCUT2D eigenvalue weighted by molar-refractivity contribution is -0.133. The number of ether oxygens (including phenoxy) is 1. The van der Waals surface area contributed by atoms with Gasteiger partial charge in [-0.2, -0.15) is 0 Å². The van der Waals surface area contributed by atoms with E-state index in [1.54, 1.807) is 24.3 Å². The fraction of sp³-hybridized carbons (Fsp3) is 0.100. The van der Waals surface area contributed by atoms with Gasteiger partial charge in [0.25, 0.3) is 0 Å². The van der Waals surface area contributed by atoms with Gasteiger partial charge >= 0.3 is 5.97 Å². The van der Waals surface area contributed by atoms with Crippen molar-refractivity contribution in [3.8, 4) is 11.8 Å². The van der Waals surface area contributed by atoms with Crippen molar-refractivity contribution in [1.82, 2.24) is 0 Å². The van der Waals surface area contributed by atoms with Gasteiger partial charge in [-0.3, -0.25) is 5.84 Å². The molecule has 4 heteroatoms. The van der Waals surface area contributed by atoms with E-state index >= 15 is 0 Å². The predicted molar refractivity (Wildman–Crippen MR) is 53.1 cm³/mol. The van der Waals surface area contributed by atoms with Crippen molar-refractivity contribution in [2.24, 2.45) is 5.84 Å². The molecule has 3 N–H and O–H groups in total. The van der Waals surface area contributed by atoms with Gasteiger partial charge in [0.05, 0.1) is 7.11 Å². The van der Waals surface area contributed by atoms with Gasteiger partial charge in [-0.15, -0.1) is 0 Å². The van der Waals surface area contributed by atoms with Gasteiger partial charge < -0.3 is 10.2 Å². The first-order chi connectivity index (χ1) is 6.76. The van der Waals surface area contributed by atoms with Crippen LogP contribution in [0.3, 0.4) is 0 Å². The molecule has 1 rings (SSSR count). The van der Waals surface area contributed by atoms with Gasteiger partial charge in [-0.1, -0.05) is 5.92 Å². The van der Waals surface area contributed by atoms with Crippen molar-refractivity contribution >= 4 is 11.7 Å². The normalized spacial score (nSPS) is 8.43. The molecule has 4 nitrogen and oxygen atoms in total. The molecule has 0 aliphatic carbocycles. The van der Waals surface area contributed by atoms with E-state index in [0.717, 1.165) is 11.3 Å². The standard InChI is InChI=1S/C10H10N2O2/c1-14-10(13)7-4-8-2-5-9(12-11)6-3-8/h2-3,5-6,12H,11H2,1H3. The van der Waals surface area contributed by atoms with Gasteiger partial charge in [0.15, 0.2) is 0 Å². The van der Waals surface area contributed by atoms with E-state index in [-0.39, 0.29) is 0 Å². The van der Waals surface area contributed by atoms with E-state index in [9.17, 15) is 4.79 Å². The fourth-order valence-corrected chi connectivity index (χ4v) is 0.824. The van der Waals surface area contributed by atoms with E-state index in [1.165, 1.54) is 7.11 Å². The molecule has 0 aliphatic rings. The molecule has 0 spiro atoms. The largest absolute Gasteiger partial charge is 0.459 e. The van der Waals surface area contributed by atoms with Crippen LogP contribution in [0.15, 0.2) is 24.3 Å². The number of nitrogen functional groups attached to an aromatic ring is 1. The summed E-state index contributed by atoms with van der Waals surface area (Å²) in [6, 6.07) is 7.04. The molecule has 1 aromatic carbocycles. The molecule has 0 aliphatic heterocycles. The summed E-state index contributed by atoms with van der Waals surface area (Å²) in [7, 11) is 1.29. The van der Waals surface area contributed by atoms with E-state index in [0.29, 0.717) is 0 Å². The lowest BCUT2D eigenvalue weighted by atomic mass is 10.2. The molecule has 0 radical (unpaired) electrons. The molecule has 0 aromatic heterocycles. The van der Waals surface area contributed by atoms with Gasteiger partial charge in [-0.05, 0) is 24.3 Å². The second-order valence-electron chi connectivity index (χ2n) is 2.46. The summed E-state index contributed by atoms with van der Waals surface area (Å²) >= 11 is 0. The Kier molecular flexibility index (Phi) is 3.53. The highest BCUT2D eigenvalue weighted by molar-refractivity contribution is 5.89. The molecule has 0 bridgehead atoms. The first-order valence-corrected chi connectivity index (χ1v) is 3.93. The maximum atomic E-state index is 10.7. The Hall–Kier alpha value is -1.99. The first-order valence-electron chi connectivity index (χ1n) is 3.93. The minimum Gasteiger partial charge on any atom is -0.459 e. The smallest absolute Gasteiger partial charge is 0.384 e. The quantitative estimate of drug-likeness (QED) is 0.293. The van der Waals surface area contributed by atoms with Crippen LogP contribution in [-0.2, 0) is 9.53 Å². The average Bonchev–Trinajstić information content (AvgIpc) is 2.26. The van der Waals surface area contributed by atoms with Crippen LogP contribution in [0.1, 0.15) is 5.56 Å².